The van der Waals surface area contributed by atoms with Crippen molar-refractivity contribution in [2.24, 2.45) is 0 Å². The van der Waals surface area contributed by atoms with Crippen LogP contribution in [0.2, 0.25) is 0 Å². The minimum absolute atomic E-state index is 0.0250. The third-order valence-corrected chi connectivity index (χ3v) is 3.87. The Morgan fingerprint density at radius 1 is 1.29 bits per heavy atom. The number of hydrogen-bond acceptors (Lipinski definition) is 4. The maximum absolute atomic E-state index is 9.12. The fraction of sp³-hybridized carbons (Fsp3) is 0.615. The molecular weight excluding hydrogens is 214 g/mol. The van der Waals surface area contributed by atoms with Crippen molar-refractivity contribution in [1.29, 1.82) is 0 Å². The predicted octanol–water partition coefficient (Wildman–Crippen LogP) is 0.858. The first-order valence-corrected chi connectivity index (χ1v) is 6.42. The molecule has 2 aliphatic rings. The lowest BCUT2D eigenvalue weighted by atomic mass is 10.1. The largest absolute Gasteiger partial charge is 0.390 e. The van der Waals surface area contributed by atoms with Crippen molar-refractivity contribution in [2.75, 3.05) is 31.1 Å². The lowest BCUT2D eigenvalue weighted by Crippen LogP contribution is -2.50. The molecule has 4 nitrogen and oxygen atoms in total. The smallest absolute Gasteiger partial charge is 0.129 e. The molecule has 2 saturated heterocycles. The van der Waals surface area contributed by atoms with Gasteiger partial charge in [0, 0.05) is 25.7 Å². The van der Waals surface area contributed by atoms with Crippen LogP contribution < -0.4 is 4.90 Å². The zero-order valence-electron chi connectivity index (χ0n) is 10.0. The molecule has 0 aromatic carbocycles. The Morgan fingerprint density at radius 3 is 3.12 bits per heavy atom. The number of nitrogens with zero attached hydrogens (tertiary/aromatic N) is 3. The maximum atomic E-state index is 9.12. The molecule has 0 saturated carbocycles. The van der Waals surface area contributed by atoms with Crippen LogP contribution in [-0.4, -0.2) is 47.2 Å². The highest BCUT2D eigenvalue weighted by Crippen LogP contribution is 2.24. The van der Waals surface area contributed by atoms with Crippen molar-refractivity contribution in [2.45, 2.75) is 25.5 Å². The summed E-state index contributed by atoms with van der Waals surface area (Å²) in [4.78, 5) is 9.43. The fourth-order valence-corrected chi connectivity index (χ4v) is 2.93. The minimum atomic E-state index is 0.0250. The lowest BCUT2D eigenvalue weighted by molar-refractivity contribution is 0.230. The van der Waals surface area contributed by atoms with Gasteiger partial charge in [-0.1, -0.05) is 6.07 Å². The highest BCUT2D eigenvalue weighted by Gasteiger charge is 2.30. The summed E-state index contributed by atoms with van der Waals surface area (Å²) in [5.41, 5.74) is 0.761. The fourth-order valence-electron chi connectivity index (χ4n) is 2.93. The summed E-state index contributed by atoms with van der Waals surface area (Å²) >= 11 is 0. The first kappa shape index (κ1) is 11.0. The van der Waals surface area contributed by atoms with Crippen LogP contribution in [0.5, 0.6) is 0 Å². The number of anilines is 1. The number of fused-ring (bicyclic) bond motifs is 1. The SMILES string of the molecule is OCc1cccc(N2CCN3CCCC3C2)n1. The molecule has 0 amide bonds. The first-order valence-electron chi connectivity index (χ1n) is 6.42. The minimum Gasteiger partial charge on any atom is -0.390 e. The Morgan fingerprint density at radius 2 is 2.24 bits per heavy atom. The first-order chi connectivity index (χ1) is 8.36. The van der Waals surface area contributed by atoms with Crippen molar-refractivity contribution in [3.63, 3.8) is 0 Å². The zero-order valence-corrected chi connectivity index (χ0v) is 10.0. The van der Waals surface area contributed by atoms with E-state index in [4.69, 9.17) is 5.11 Å². The van der Waals surface area contributed by atoms with Crippen LogP contribution in [0, 0.1) is 0 Å². The van der Waals surface area contributed by atoms with E-state index in [1.54, 1.807) is 0 Å². The van der Waals surface area contributed by atoms with E-state index in [0.717, 1.165) is 31.1 Å². The zero-order chi connectivity index (χ0) is 11.7. The van der Waals surface area contributed by atoms with Gasteiger partial charge in [-0.25, -0.2) is 4.98 Å². The van der Waals surface area contributed by atoms with Crippen LogP contribution in [-0.2, 0) is 6.61 Å². The molecule has 0 radical (unpaired) electrons. The molecule has 1 aromatic heterocycles. The van der Waals surface area contributed by atoms with Crippen molar-refractivity contribution in [1.82, 2.24) is 9.88 Å². The normalized spacial score (nSPS) is 25.0. The highest BCUT2D eigenvalue weighted by atomic mass is 16.3. The summed E-state index contributed by atoms with van der Waals surface area (Å²) in [6.45, 7) is 4.58. The summed E-state index contributed by atoms with van der Waals surface area (Å²) in [7, 11) is 0. The van der Waals surface area contributed by atoms with Gasteiger partial charge in [0.2, 0.25) is 0 Å². The van der Waals surface area contributed by atoms with Crippen molar-refractivity contribution < 1.29 is 5.11 Å². The predicted molar refractivity (Wildman–Crippen MR) is 67.0 cm³/mol. The molecule has 1 atom stereocenters. The van der Waals surface area contributed by atoms with Gasteiger partial charge in [0.15, 0.2) is 0 Å². The molecule has 1 aromatic rings. The summed E-state index contributed by atoms with van der Waals surface area (Å²) in [6, 6.07) is 6.61. The summed E-state index contributed by atoms with van der Waals surface area (Å²) in [5, 5.41) is 9.12. The molecule has 3 rings (SSSR count). The van der Waals surface area contributed by atoms with Gasteiger partial charge in [0.25, 0.3) is 0 Å². The Bertz CT molecular complexity index is 396. The lowest BCUT2D eigenvalue weighted by Gasteiger charge is -2.38. The maximum Gasteiger partial charge on any atom is 0.129 e. The van der Waals surface area contributed by atoms with Gasteiger partial charge in [0.1, 0.15) is 5.82 Å². The Hall–Kier alpha value is -1.13. The molecule has 1 unspecified atom stereocenters. The van der Waals surface area contributed by atoms with Gasteiger partial charge in [0.05, 0.1) is 12.3 Å². The van der Waals surface area contributed by atoms with Gasteiger partial charge < -0.3 is 10.0 Å². The van der Waals surface area contributed by atoms with E-state index < -0.39 is 0 Å². The standard InChI is InChI=1S/C13H19N3O/c17-10-11-3-1-5-13(14-11)16-8-7-15-6-2-4-12(15)9-16/h1,3,5,12,17H,2,4,6-10H2. The van der Waals surface area contributed by atoms with Gasteiger partial charge in [-0.15, -0.1) is 0 Å². The van der Waals surface area contributed by atoms with E-state index >= 15 is 0 Å². The van der Waals surface area contributed by atoms with Crippen LogP contribution >= 0.6 is 0 Å². The van der Waals surface area contributed by atoms with E-state index in [9.17, 15) is 0 Å². The number of hydrogen-bond donors (Lipinski definition) is 1. The number of piperazine rings is 1. The van der Waals surface area contributed by atoms with Crippen LogP contribution in [0.1, 0.15) is 18.5 Å². The molecule has 2 aliphatic heterocycles. The van der Waals surface area contributed by atoms with Crippen molar-refractivity contribution in [3.8, 4) is 0 Å². The average Bonchev–Trinajstić information content (AvgIpc) is 2.86. The topological polar surface area (TPSA) is 39.6 Å². The monoisotopic (exact) mass is 233 g/mol. The van der Waals surface area contributed by atoms with E-state index in [1.165, 1.54) is 19.4 Å². The molecular formula is C13H19N3O. The Kier molecular flexibility index (Phi) is 2.99. The second-order valence-corrected chi connectivity index (χ2v) is 4.92. The number of rotatable bonds is 2. The molecule has 17 heavy (non-hydrogen) atoms. The molecule has 0 bridgehead atoms. The number of pyridine rings is 1. The second kappa shape index (κ2) is 4.63. The molecule has 0 spiro atoms. The number of aromatic nitrogens is 1. The van der Waals surface area contributed by atoms with Gasteiger partial charge >= 0.3 is 0 Å². The number of aliphatic hydroxyl groups is 1. The molecule has 92 valence electrons. The van der Waals surface area contributed by atoms with Crippen LogP contribution in [0.4, 0.5) is 5.82 Å². The van der Waals surface area contributed by atoms with Gasteiger partial charge in [-0.3, -0.25) is 4.90 Å². The van der Waals surface area contributed by atoms with E-state index in [-0.39, 0.29) is 6.61 Å². The van der Waals surface area contributed by atoms with E-state index in [2.05, 4.69) is 14.8 Å². The highest BCUT2D eigenvalue weighted by molar-refractivity contribution is 5.40. The van der Waals surface area contributed by atoms with Crippen LogP contribution in [0.25, 0.3) is 0 Å². The molecule has 2 fully saturated rings. The van der Waals surface area contributed by atoms with Crippen molar-refractivity contribution in [3.05, 3.63) is 23.9 Å². The third-order valence-electron chi connectivity index (χ3n) is 3.87. The summed E-state index contributed by atoms with van der Waals surface area (Å²) in [5.74, 6) is 1.02. The summed E-state index contributed by atoms with van der Waals surface area (Å²) in [6.07, 6.45) is 2.65. The quantitative estimate of drug-likeness (QED) is 0.822. The van der Waals surface area contributed by atoms with E-state index in [0.29, 0.717) is 6.04 Å². The average molecular weight is 233 g/mol. The molecule has 0 aliphatic carbocycles. The third kappa shape index (κ3) is 2.15. The van der Waals surface area contributed by atoms with Gasteiger partial charge in [-0.05, 0) is 31.5 Å². The van der Waals surface area contributed by atoms with Gasteiger partial charge in [-0.2, -0.15) is 0 Å². The van der Waals surface area contributed by atoms with E-state index in [1.807, 2.05) is 18.2 Å². The molecule has 4 heteroatoms. The summed E-state index contributed by atoms with van der Waals surface area (Å²) < 4.78 is 0. The van der Waals surface area contributed by atoms with Crippen LogP contribution in [0.3, 0.4) is 0 Å². The second-order valence-electron chi connectivity index (χ2n) is 4.92. The van der Waals surface area contributed by atoms with Crippen LogP contribution in [0.15, 0.2) is 18.2 Å². The molecule has 1 N–H and O–H groups in total. The Balaban J connectivity index is 1.75. The molecule has 3 heterocycles. The number of aliphatic hydroxyl groups excluding tert-OH is 1. The van der Waals surface area contributed by atoms with Crippen molar-refractivity contribution >= 4 is 5.82 Å². The Labute approximate surface area is 102 Å².